The van der Waals surface area contributed by atoms with Crippen molar-refractivity contribution in [1.82, 2.24) is 25.1 Å². The molecular weight excluding hydrogens is 362 g/mol. The van der Waals surface area contributed by atoms with Crippen LogP contribution in [0.3, 0.4) is 0 Å². The number of hydrogen-bond donors (Lipinski definition) is 1. The number of rotatable bonds is 5. The highest BCUT2D eigenvalue weighted by Crippen LogP contribution is 2.35. The topological polar surface area (TPSA) is 72.7 Å². The second-order valence-electron chi connectivity index (χ2n) is 7.58. The number of pyridine rings is 2. The first-order chi connectivity index (χ1) is 14.2. The summed E-state index contributed by atoms with van der Waals surface area (Å²) >= 11 is 0. The summed E-state index contributed by atoms with van der Waals surface area (Å²) in [6, 6.07) is 10.1. The Morgan fingerprint density at radius 2 is 1.93 bits per heavy atom. The Morgan fingerprint density at radius 3 is 2.69 bits per heavy atom. The van der Waals surface area contributed by atoms with Crippen LogP contribution in [-0.2, 0) is 7.05 Å². The molecule has 0 aliphatic heterocycles. The van der Waals surface area contributed by atoms with E-state index in [1.807, 2.05) is 43.8 Å². The quantitative estimate of drug-likeness (QED) is 0.568. The molecule has 1 N–H and O–H groups in total. The Hall–Kier alpha value is -3.54. The highest BCUT2D eigenvalue weighted by atomic mass is 16.1. The molecule has 0 bridgehead atoms. The Bertz CT molecular complexity index is 1210. The molecule has 3 heterocycles. The summed E-state index contributed by atoms with van der Waals surface area (Å²) in [6.07, 6.45) is 11.5. The van der Waals surface area contributed by atoms with Gasteiger partial charge in [0, 0.05) is 48.7 Å². The Balaban J connectivity index is 1.60. The van der Waals surface area contributed by atoms with Crippen molar-refractivity contribution in [3.8, 4) is 22.3 Å². The third-order valence-electron chi connectivity index (χ3n) is 5.35. The lowest BCUT2D eigenvalue weighted by molar-refractivity contribution is 0.0951. The molecule has 1 aromatic carbocycles. The van der Waals surface area contributed by atoms with Gasteiger partial charge in [-0.25, -0.2) is 0 Å². The summed E-state index contributed by atoms with van der Waals surface area (Å²) in [5.41, 5.74) is 5.43. The van der Waals surface area contributed by atoms with E-state index in [4.69, 9.17) is 0 Å². The van der Waals surface area contributed by atoms with Gasteiger partial charge in [-0.05, 0) is 36.0 Å². The normalized spacial score (nSPS) is 13.6. The molecule has 1 aliphatic carbocycles. The average Bonchev–Trinajstić information content (AvgIpc) is 3.49. The molecule has 1 amide bonds. The van der Waals surface area contributed by atoms with Gasteiger partial charge >= 0.3 is 0 Å². The van der Waals surface area contributed by atoms with Crippen LogP contribution in [0.5, 0.6) is 0 Å². The van der Waals surface area contributed by atoms with Crippen LogP contribution in [0.25, 0.3) is 33.2 Å². The molecule has 6 heteroatoms. The van der Waals surface area contributed by atoms with E-state index in [1.165, 1.54) is 12.8 Å². The Kier molecular flexibility index (Phi) is 4.31. The van der Waals surface area contributed by atoms with Gasteiger partial charge in [0.05, 0.1) is 23.5 Å². The van der Waals surface area contributed by atoms with Crippen molar-refractivity contribution in [2.75, 3.05) is 6.54 Å². The molecule has 0 unspecified atom stereocenters. The average molecular weight is 383 g/mol. The minimum Gasteiger partial charge on any atom is -0.352 e. The van der Waals surface area contributed by atoms with Gasteiger partial charge in [0.15, 0.2) is 0 Å². The lowest BCUT2D eigenvalue weighted by atomic mass is 9.94. The third kappa shape index (κ3) is 3.49. The third-order valence-corrected chi connectivity index (χ3v) is 5.35. The summed E-state index contributed by atoms with van der Waals surface area (Å²) in [7, 11) is 1.90. The number of fused-ring (bicyclic) bond motifs is 1. The smallest absolute Gasteiger partial charge is 0.252 e. The van der Waals surface area contributed by atoms with Crippen LogP contribution < -0.4 is 5.32 Å². The van der Waals surface area contributed by atoms with E-state index in [1.54, 1.807) is 17.1 Å². The lowest BCUT2D eigenvalue weighted by Gasteiger charge is -2.12. The second-order valence-corrected chi connectivity index (χ2v) is 7.58. The molecule has 0 saturated heterocycles. The summed E-state index contributed by atoms with van der Waals surface area (Å²) in [6.45, 7) is 0.740. The van der Waals surface area contributed by atoms with E-state index >= 15 is 0 Å². The number of aryl methyl sites for hydroxylation is 1. The highest BCUT2D eigenvalue weighted by Gasteiger charge is 2.22. The van der Waals surface area contributed by atoms with Crippen molar-refractivity contribution in [3.63, 3.8) is 0 Å². The molecule has 1 saturated carbocycles. The predicted octanol–water partition coefficient (Wildman–Crippen LogP) is 3.84. The second kappa shape index (κ2) is 7.13. The number of amides is 1. The molecule has 144 valence electrons. The van der Waals surface area contributed by atoms with Crippen molar-refractivity contribution in [2.45, 2.75) is 12.8 Å². The van der Waals surface area contributed by atoms with E-state index in [2.05, 4.69) is 32.5 Å². The minimum absolute atomic E-state index is 0.0744. The van der Waals surface area contributed by atoms with Gasteiger partial charge in [0.2, 0.25) is 0 Å². The zero-order valence-corrected chi connectivity index (χ0v) is 16.2. The fraction of sp³-hybridized carbons (Fsp3) is 0.217. The largest absolute Gasteiger partial charge is 0.352 e. The van der Waals surface area contributed by atoms with Gasteiger partial charge in [0.25, 0.3) is 5.91 Å². The van der Waals surface area contributed by atoms with Crippen LogP contribution in [0.2, 0.25) is 0 Å². The van der Waals surface area contributed by atoms with Crippen molar-refractivity contribution < 1.29 is 4.79 Å². The predicted molar refractivity (Wildman–Crippen MR) is 112 cm³/mol. The number of carbonyl (C=O) groups excluding carboxylic acids is 1. The maximum atomic E-state index is 12.6. The Morgan fingerprint density at radius 1 is 1.10 bits per heavy atom. The SMILES string of the molecule is Cn1cc(-c2ccccc2-c2cncc3ncc(C(=O)NCC4CC4)cc23)cn1. The van der Waals surface area contributed by atoms with Crippen LogP contribution in [0.15, 0.2) is 61.3 Å². The van der Waals surface area contributed by atoms with Gasteiger partial charge in [-0.3, -0.25) is 19.4 Å². The summed E-state index contributed by atoms with van der Waals surface area (Å²) in [5.74, 6) is 0.563. The van der Waals surface area contributed by atoms with Crippen LogP contribution in [0, 0.1) is 5.92 Å². The van der Waals surface area contributed by atoms with E-state index in [9.17, 15) is 4.79 Å². The lowest BCUT2D eigenvalue weighted by Crippen LogP contribution is -2.25. The molecule has 1 fully saturated rings. The first-order valence-electron chi connectivity index (χ1n) is 9.79. The monoisotopic (exact) mass is 383 g/mol. The van der Waals surface area contributed by atoms with E-state index < -0.39 is 0 Å². The van der Waals surface area contributed by atoms with Gasteiger partial charge in [0.1, 0.15) is 0 Å². The standard InChI is InChI=1S/C23H21N5O/c1-28-14-17(11-27-28)18-4-2-3-5-19(18)21-12-24-13-22-20(21)8-16(10-25-22)23(29)26-9-15-6-7-15/h2-5,8,10-15H,6-7,9H2,1H3,(H,26,29). The fourth-order valence-corrected chi connectivity index (χ4v) is 3.58. The molecule has 4 aromatic rings. The minimum atomic E-state index is -0.0744. The van der Waals surface area contributed by atoms with Gasteiger partial charge in [-0.1, -0.05) is 24.3 Å². The summed E-state index contributed by atoms with van der Waals surface area (Å²) in [5, 5.41) is 8.23. The van der Waals surface area contributed by atoms with Gasteiger partial charge in [-0.2, -0.15) is 5.10 Å². The molecule has 29 heavy (non-hydrogen) atoms. The molecule has 0 spiro atoms. The van der Waals surface area contributed by atoms with Gasteiger partial charge < -0.3 is 5.32 Å². The molecule has 0 atom stereocenters. The fourth-order valence-electron chi connectivity index (χ4n) is 3.58. The number of benzene rings is 1. The molecule has 0 radical (unpaired) electrons. The molecule has 5 rings (SSSR count). The van der Waals surface area contributed by atoms with Crippen molar-refractivity contribution in [1.29, 1.82) is 0 Å². The number of aromatic nitrogens is 4. The highest BCUT2D eigenvalue weighted by molar-refractivity contribution is 6.02. The zero-order chi connectivity index (χ0) is 19.8. The molecule has 3 aromatic heterocycles. The van der Waals surface area contributed by atoms with E-state index in [-0.39, 0.29) is 5.91 Å². The number of nitrogens with one attached hydrogen (secondary N) is 1. The first-order valence-corrected chi connectivity index (χ1v) is 9.79. The van der Waals surface area contributed by atoms with Crippen LogP contribution in [-0.4, -0.2) is 32.2 Å². The Labute approximate surface area is 168 Å². The molecular formula is C23H21N5O. The molecule has 6 nitrogen and oxygen atoms in total. The van der Waals surface area contributed by atoms with E-state index in [0.29, 0.717) is 11.5 Å². The van der Waals surface area contributed by atoms with Crippen LogP contribution in [0.4, 0.5) is 0 Å². The van der Waals surface area contributed by atoms with Gasteiger partial charge in [-0.15, -0.1) is 0 Å². The van der Waals surface area contributed by atoms with Crippen molar-refractivity contribution >= 4 is 16.8 Å². The van der Waals surface area contributed by atoms with Crippen LogP contribution in [0.1, 0.15) is 23.2 Å². The maximum Gasteiger partial charge on any atom is 0.252 e. The zero-order valence-electron chi connectivity index (χ0n) is 16.2. The maximum absolute atomic E-state index is 12.6. The summed E-state index contributed by atoms with van der Waals surface area (Å²) < 4.78 is 1.79. The van der Waals surface area contributed by atoms with Crippen LogP contribution >= 0.6 is 0 Å². The van der Waals surface area contributed by atoms with E-state index in [0.717, 1.165) is 39.7 Å². The number of nitrogens with zero attached hydrogens (tertiary/aromatic N) is 4. The summed E-state index contributed by atoms with van der Waals surface area (Å²) in [4.78, 5) is 21.5. The first kappa shape index (κ1) is 17.6. The molecule has 1 aliphatic rings. The number of carbonyl (C=O) groups is 1. The van der Waals surface area contributed by atoms with Crippen molar-refractivity contribution in [3.05, 3.63) is 66.9 Å². The van der Waals surface area contributed by atoms with Crippen molar-refractivity contribution in [2.24, 2.45) is 13.0 Å². The number of hydrogen-bond acceptors (Lipinski definition) is 4.